The molecule has 0 aliphatic carbocycles. The van der Waals surface area contributed by atoms with Gasteiger partial charge >= 0.3 is 0 Å². The molecule has 2 aromatic rings. The number of rotatable bonds is 8. The number of anilines is 1. The minimum absolute atomic E-state index is 0.0122. The molecule has 0 heterocycles. The fraction of sp³-hybridized carbons (Fsp3) is 0.381. The van der Waals surface area contributed by atoms with E-state index in [1.165, 1.54) is 12.1 Å². The SMILES string of the molecule is CCN(C)c1ccc(C(=O)N(CCN(C)C)Cc2ccc(F)cc2)cc1. The van der Waals surface area contributed by atoms with Crippen molar-refractivity contribution >= 4 is 11.6 Å². The highest BCUT2D eigenvalue weighted by Crippen LogP contribution is 2.16. The Kier molecular flexibility index (Phi) is 7.16. The Morgan fingerprint density at radius 2 is 1.54 bits per heavy atom. The monoisotopic (exact) mass is 357 g/mol. The van der Waals surface area contributed by atoms with Crippen LogP contribution in [0.25, 0.3) is 0 Å². The summed E-state index contributed by atoms with van der Waals surface area (Å²) in [6.45, 7) is 4.84. The smallest absolute Gasteiger partial charge is 0.254 e. The molecule has 0 saturated carbocycles. The largest absolute Gasteiger partial charge is 0.375 e. The summed E-state index contributed by atoms with van der Waals surface area (Å²) in [5, 5.41) is 0. The van der Waals surface area contributed by atoms with E-state index in [1.54, 1.807) is 12.1 Å². The van der Waals surface area contributed by atoms with Crippen LogP contribution >= 0.6 is 0 Å². The van der Waals surface area contributed by atoms with E-state index in [2.05, 4.69) is 11.8 Å². The van der Waals surface area contributed by atoms with Gasteiger partial charge < -0.3 is 14.7 Å². The second-order valence-corrected chi connectivity index (χ2v) is 6.72. The van der Waals surface area contributed by atoms with Crippen LogP contribution in [0.4, 0.5) is 10.1 Å². The molecule has 0 aliphatic heterocycles. The molecule has 0 saturated heterocycles. The van der Waals surface area contributed by atoms with Crippen LogP contribution in [-0.4, -0.2) is 56.5 Å². The average molecular weight is 357 g/mol. The van der Waals surface area contributed by atoms with E-state index in [9.17, 15) is 9.18 Å². The molecule has 0 aliphatic rings. The Morgan fingerprint density at radius 1 is 0.923 bits per heavy atom. The van der Waals surface area contributed by atoms with E-state index in [0.717, 1.165) is 24.3 Å². The van der Waals surface area contributed by atoms with Crippen molar-refractivity contribution in [1.82, 2.24) is 9.80 Å². The van der Waals surface area contributed by atoms with Gasteiger partial charge in [0.1, 0.15) is 5.82 Å². The highest BCUT2D eigenvalue weighted by atomic mass is 19.1. The summed E-state index contributed by atoms with van der Waals surface area (Å²) in [6, 6.07) is 14.0. The van der Waals surface area contributed by atoms with Gasteiger partial charge in [-0.2, -0.15) is 0 Å². The third-order valence-corrected chi connectivity index (χ3v) is 4.42. The van der Waals surface area contributed by atoms with E-state index in [1.807, 2.05) is 55.2 Å². The number of halogens is 1. The Morgan fingerprint density at radius 3 is 2.08 bits per heavy atom. The van der Waals surface area contributed by atoms with Crippen LogP contribution in [-0.2, 0) is 6.54 Å². The lowest BCUT2D eigenvalue weighted by atomic mass is 10.1. The van der Waals surface area contributed by atoms with Crippen LogP contribution in [0, 0.1) is 5.82 Å². The zero-order valence-corrected chi connectivity index (χ0v) is 16.1. The van der Waals surface area contributed by atoms with Crippen LogP contribution < -0.4 is 4.90 Å². The lowest BCUT2D eigenvalue weighted by molar-refractivity contribution is 0.0732. The maximum Gasteiger partial charge on any atom is 0.254 e. The lowest BCUT2D eigenvalue weighted by Crippen LogP contribution is -2.36. The Labute approximate surface area is 155 Å². The summed E-state index contributed by atoms with van der Waals surface area (Å²) < 4.78 is 13.1. The zero-order valence-electron chi connectivity index (χ0n) is 16.1. The number of carbonyl (C=O) groups excluding carboxylic acids is 1. The third kappa shape index (κ3) is 5.56. The molecule has 5 heteroatoms. The third-order valence-electron chi connectivity index (χ3n) is 4.42. The van der Waals surface area contributed by atoms with Crippen molar-refractivity contribution in [3.05, 3.63) is 65.5 Å². The molecule has 0 aromatic heterocycles. The first-order valence-corrected chi connectivity index (χ1v) is 8.90. The molecule has 140 valence electrons. The van der Waals surface area contributed by atoms with Gasteiger partial charge in [-0.3, -0.25) is 4.79 Å². The Hall–Kier alpha value is -2.40. The highest BCUT2D eigenvalue weighted by molar-refractivity contribution is 5.94. The molecule has 0 N–H and O–H groups in total. The molecule has 0 fully saturated rings. The summed E-state index contributed by atoms with van der Waals surface area (Å²) >= 11 is 0. The fourth-order valence-corrected chi connectivity index (χ4v) is 2.61. The van der Waals surface area contributed by atoms with Crippen molar-refractivity contribution in [3.63, 3.8) is 0 Å². The van der Waals surface area contributed by atoms with E-state index in [4.69, 9.17) is 0 Å². The number of carbonyl (C=O) groups is 1. The predicted octanol–water partition coefficient (Wildman–Crippen LogP) is 3.49. The summed E-state index contributed by atoms with van der Waals surface area (Å²) in [5.74, 6) is -0.280. The summed E-state index contributed by atoms with van der Waals surface area (Å²) in [5.41, 5.74) is 2.67. The van der Waals surface area contributed by atoms with Gasteiger partial charge in [0.25, 0.3) is 5.91 Å². The predicted molar refractivity (Wildman–Crippen MR) is 105 cm³/mol. The van der Waals surface area contributed by atoms with Crippen LogP contribution in [0.5, 0.6) is 0 Å². The summed E-state index contributed by atoms with van der Waals surface area (Å²) in [4.78, 5) is 19.0. The lowest BCUT2D eigenvalue weighted by Gasteiger charge is -2.25. The van der Waals surface area contributed by atoms with Gasteiger partial charge in [-0.1, -0.05) is 12.1 Å². The molecule has 0 radical (unpaired) electrons. The van der Waals surface area contributed by atoms with Crippen LogP contribution in [0.15, 0.2) is 48.5 Å². The molecule has 2 aromatic carbocycles. The first-order chi connectivity index (χ1) is 12.4. The van der Waals surface area contributed by atoms with E-state index in [-0.39, 0.29) is 11.7 Å². The van der Waals surface area contributed by atoms with Crippen molar-refractivity contribution in [1.29, 1.82) is 0 Å². The van der Waals surface area contributed by atoms with Gasteiger partial charge in [0, 0.05) is 44.5 Å². The Balaban J connectivity index is 2.17. The van der Waals surface area contributed by atoms with E-state index in [0.29, 0.717) is 18.7 Å². The first-order valence-electron chi connectivity index (χ1n) is 8.90. The standard InChI is InChI=1S/C21H28FN3O/c1-5-24(4)20-12-8-18(9-13-20)21(26)25(15-14-23(2)3)16-17-6-10-19(22)11-7-17/h6-13H,5,14-16H2,1-4H3. The van der Waals surface area contributed by atoms with Crippen LogP contribution in [0.3, 0.4) is 0 Å². The van der Waals surface area contributed by atoms with Gasteiger partial charge in [-0.05, 0) is 63.0 Å². The van der Waals surface area contributed by atoms with Crippen molar-refractivity contribution in [2.24, 2.45) is 0 Å². The zero-order chi connectivity index (χ0) is 19.1. The number of amides is 1. The normalized spacial score (nSPS) is 10.8. The number of nitrogens with zero attached hydrogens (tertiary/aromatic N) is 3. The van der Waals surface area contributed by atoms with Crippen LogP contribution in [0.1, 0.15) is 22.8 Å². The average Bonchev–Trinajstić information content (AvgIpc) is 2.65. The van der Waals surface area contributed by atoms with Gasteiger partial charge in [-0.15, -0.1) is 0 Å². The molecule has 0 spiro atoms. The number of hydrogen-bond donors (Lipinski definition) is 0. The van der Waals surface area contributed by atoms with Gasteiger partial charge in [0.2, 0.25) is 0 Å². The summed E-state index contributed by atoms with van der Waals surface area (Å²) in [7, 11) is 5.99. The maximum atomic E-state index is 13.1. The molecule has 0 unspecified atom stereocenters. The van der Waals surface area contributed by atoms with Crippen molar-refractivity contribution < 1.29 is 9.18 Å². The van der Waals surface area contributed by atoms with E-state index < -0.39 is 0 Å². The van der Waals surface area contributed by atoms with Crippen molar-refractivity contribution in [3.8, 4) is 0 Å². The van der Waals surface area contributed by atoms with E-state index >= 15 is 0 Å². The second-order valence-electron chi connectivity index (χ2n) is 6.72. The van der Waals surface area contributed by atoms with Gasteiger partial charge in [0.15, 0.2) is 0 Å². The second kappa shape index (κ2) is 9.34. The molecule has 0 bridgehead atoms. The fourth-order valence-electron chi connectivity index (χ4n) is 2.61. The molecule has 26 heavy (non-hydrogen) atoms. The molecule has 1 amide bonds. The quantitative estimate of drug-likeness (QED) is 0.724. The molecular weight excluding hydrogens is 329 g/mol. The summed E-state index contributed by atoms with van der Waals surface area (Å²) in [6.07, 6.45) is 0. The maximum absolute atomic E-state index is 13.1. The van der Waals surface area contributed by atoms with Gasteiger partial charge in [0.05, 0.1) is 0 Å². The van der Waals surface area contributed by atoms with Crippen molar-refractivity contribution in [2.75, 3.05) is 45.7 Å². The molecule has 2 rings (SSSR count). The van der Waals surface area contributed by atoms with Gasteiger partial charge in [-0.25, -0.2) is 4.39 Å². The number of benzene rings is 2. The minimum atomic E-state index is -0.268. The number of hydrogen-bond acceptors (Lipinski definition) is 3. The highest BCUT2D eigenvalue weighted by Gasteiger charge is 2.17. The topological polar surface area (TPSA) is 26.8 Å². The van der Waals surface area contributed by atoms with Crippen molar-refractivity contribution in [2.45, 2.75) is 13.5 Å². The molecule has 4 nitrogen and oxygen atoms in total. The molecular formula is C21H28FN3O. The van der Waals surface area contributed by atoms with Crippen LogP contribution in [0.2, 0.25) is 0 Å². The minimum Gasteiger partial charge on any atom is -0.375 e. The number of likely N-dealkylation sites (N-methyl/N-ethyl adjacent to an activating group) is 1. The first kappa shape index (κ1) is 19.9. The molecule has 0 atom stereocenters. The Bertz CT molecular complexity index is 698.